The van der Waals surface area contributed by atoms with Gasteiger partial charge in [-0.05, 0) is 24.5 Å². The van der Waals surface area contributed by atoms with Crippen LogP contribution < -0.4 is 10.2 Å². The summed E-state index contributed by atoms with van der Waals surface area (Å²) in [5, 5.41) is 3.40. The van der Waals surface area contributed by atoms with Crippen molar-refractivity contribution < 1.29 is 4.74 Å². The van der Waals surface area contributed by atoms with Crippen LogP contribution in [-0.2, 0) is 11.3 Å². The zero-order valence-corrected chi connectivity index (χ0v) is 12.2. The highest BCUT2D eigenvalue weighted by atomic mass is 16.5. The van der Waals surface area contributed by atoms with Gasteiger partial charge in [0, 0.05) is 39.0 Å². The van der Waals surface area contributed by atoms with Crippen molar-refractivity contribution in [2.24, 2.45) is 0 Å². The molecule has 0 unspecified atom stereocenters. The third-order valence-corrected chi connectivity index (χ3v) is 3.62. The van der Waals surface area contributed by atoms with E-state index in [1.165, 1.54) is 5.56 Å². The van der Waals surface area contributed by atoms with Gasteiger partial charge in [0.1, 0.15) is 5.82 Å². The van der Waals surface area contributed by atoms with Gasteiger partial charge in [-0.3, -0.25) is 0 Å². The Bertz CT molecular complexity index is 369. The highest BCUT2D eigenvalue weighted by Gasteiger charge is 2.19. The van der Waals surface area contributed by atoms with E-state index in [0.29, 0.717) is 12.1 Å². The van der Waals surface area contributed by atoms with Crippen LogP contribution in [-0.4, -0.2) is 37.3 Å². The smallest absolute Gasteiger partial charge is 0.128 e. The van der Waals surface area contributed by atoms with Crippen molar-refractivity contribution in [3.63, 3.8) is 0 Å². The summed E-state index contributed by atoms with van der Waals surface area (Å²) in [6.07, 6.45) is 4.59. The number of ether oxygens (including phenoxy) is 1. The molecule has 1 fully saturated rings. The van der Waals surface area contributed by atoms with E-state index in [2.05, 4.69) is 41.2 Å². The predicted molar refractivity (Wildman–Crippen MR) is 78.5 cm³/mol. The molecule has 1 aliphatic rings. The van der Waals surface area contributed by atoms with E-state index in [0.717, 1.165) is 38.3 Å². The summed E-state index contributed by atoms with van der Waals surface area (Å²) >= 11 is 0. The number of nitrogens with zero attached hydrogens (tertiary/aromatic N) is 2. The number of pyridine rings is 1. The summed E-state index contributed by atoms with van der Waals surface area (Å²) < 4.78 is 5.39. The molecule has 1 aromatic rings. The molecule has 19 heavy (non-hydrogen) atoms. The minimum absolute atomic E-state index is 0.422. The first kappa shape index (κ1) is 14.3. The Kier molecular flexibility index (Phi) is 5.16. The van der Waals surface area contributed by atoms with Crippen LogP contribution >= 0.6 is 0 Å². The topological polar surface area (TPSA) is 37.4 Å². The standard InChI is InChI=1S/C15H25N3O/c1-12(2)16-10-13-4-5-15(17-11-13)18-8-6-14(19-3)7-9-18/h4-5,11-12,14,16H,6-10H2,1-3H3. The number of hydrogen-bond donors (Lipinski definition) is 1. The van der Waals surface area contributed by atoms with Crippen LogP contribution in [0.3, 0.4) is 0 Å². The second-order valence-corrected chi connectivity index (χ2v) is 5.48. The molecule has 4 nitrogen and oxygen atoms in total. The van der Waals surface area contributed by atoms with E-state index in [-0.39, 0.29) is 0 Å². The second-order valence-electron chi connectivity index (χ2n) is 5.48. The van der Waals surface area contributed by atoms with Crippen LogP contribution in [0.15, 0.2) is 18.3 Å². The zero-order valence-electron chi connectivity index (χ0n) is 12.2. The highest BCUT2D eigenvalue weighted by Crippen LogP contribution is 2.19. The normalized spacial score (nSPS) is 17.2. The summed E-state index contributed by atoms with van der Waals surface area (Å²) in [7, 11) is 1.80. The van der Waals surface area contributed by atoms with Crippen LogP contribution in [0.4, 0.5) is 5.82 Å². The Labute approximate surface area is 116 Å². The fraction of sp³-hybridized carbons (Fsp3) is 0.667. The van der Waals surface area contributed by atoms with Gasteiger partial charge in [-0.1, -0.05) is 19.9 Å². The maximum Gasteiger partial charge on any atom is 0.128 e. The van der Waals surface area contributed by atoms with Crippen molar-refractivity contribution in [2.45, 2.75) is 45.4 Å². The van der Waals surface area contributed by atoms with E-state index >= 15 is 0 Å². The Morgan fingerprint density at radius 2 is 2.11 bits per heavy atom. The maximum absolute atomic E-state index is 5.39. The molecule has 0 aliphatic carbocycles. The molecule has 0 amide bonds. The minimum atomic E-state index is 0.422. The molecule has 0 saturated carbocycles. The number of piperidine rings is 1. The van der Waals surface area contributed by atoms with Gasteiger partial charge in [-0.15, -0.1) is 0 Å². The third kappa shape index (κ3) is 4.18. The summed E-state index contributed by atoms with van der Waals surface area (Å²) in [4.78, 5) is 6.92. The lowest BCUT2D eigenvalue weighted by Gasteiger charge is -2.32. The SMILES string of the molecule is COC1CCN(c2ccc(CNC(C)C)cn2)CC1. The van der Waals surface area contributed by atoms with Crippen LogP contribution in [0.1, 0.15) is 32.3 Å². The lowest BCUT2D eigenvalue weighted by atomic mass is 10.1. The van der Waals surface area contributed by atoms with E-state index in [1.54, 1.807) is 7.11 Å². The van der Waals surface area contributed by atoms with E-state index in [9.17, 15) is 0 Å². The van der Waals surface area contributed by atoms with E-state index in [1.807, 2.05) is 6.20 Å². The van der Waals surface area contributed by atoms with Crippen LogP contribution in [0.5, 0.6) is 0 Å². The van der Waals surface area contributed by atoms with Gasteiger partial charge < -0.3 is 15.0 Å². The lowest BCUT2D eigenvalue weighted by molar-refractivity contribution is 0.0818. The fourth-order valence-corrected chi connectivity index (χ4v) is 2.35. The molecular weight excluding hydrogens is 238 g/mol. The number of methoxy groups -OCH3 is 1. The summed E-state index contributed by atoms with van der Waals surface area (Å²) in [5.74, 6) is 1.09. The fourth-order valence-electron chi connectivity index (χ4n) is 2.35. The first-order chi connectivity index (χ1) is 9.19. The van der Waals surface area contributed by atoms with Crippen LogP contribution in [0.25, 0.3) is 0 Å². The van der Waals surface area contributed by atoms with E-state index < -0.39 is 0 Å². The lowest BCUT2D eigenvalue weighted by Crippen LogP contribution is -2.37. The van der Waals surface area contributed by atoms with E-state index in [4.69, 9.17) is 4.74 Å². The third-order valence-electron chi connectivity index (χ3n) is 3.62. The average molecular weight is 263 g/mol. The Balaban J connectivity index is 1.88. The Hall–Kier alpha value is -1.13. The molecule has 0 aromatic carbocycles. The van der Waals surface area contributed by atoms with Gasteiger partial charge in [0.05, 0.1) is 6.10 Å². The highest BCUT2D eigenvalue weighted by molar-refractivity contribution is 5.39. The van der Waals surface area contributed by atoms with Crippen LogP contribution in [0.2, 0.25) is 0 Å². The van der Waals surface area contributed by atoms with Crippen molar-refractivity contribution >= 4 is 5.82 Å². The van der Waals surface area contributed by atoms with Crippen molar-refractivity contribution in [3.8, 4) is 0 Å². The molecule has 0 spiro atoms. The second kappa shape index (κ2) is 6.87. The van der Waals surface area contributed by atoms with Gasteiger partial charge >= 0.3 is 0 Å². The first-order valence-corrected chi connectivity index (χ1v) is 7.15. The molecule has 1 N–H and O–H groups in total. The number of nitrogens with one attached hydrogen (secondary N) is 1. The summed E-state index contributed by atoms with van der Waals surface area (Å²) in [6.45, 7) is 7.27. The molecule has 0 atom stereocenters. The largest absolute Gasteiger partial charge is 0.381 e. The Morgan fingerprint density at radius 1 is 1.37 bits per heavy atom. The predicted octanol–water partition coefficient (Wildman–Crippen LogP) is 2.19. The van der Waals surface area contributed by atoms with Crippen molar-refractivity contribution in [3.05, 3.63) is 23.9 Å². The molecule has 2 heterocycles. The molecule has 106 valence electrons. The molecular formula is C15H25N3O. The molecule has 0 radical (unpaired) electrons. The minimum Gasteiger partial charge on any atom is -0.381 e. The Morgan fingerprint density at radius 3 is 2.63 bits per heavy atom. The van der Waals surface area contributed by atoms with Crippen molar-refractivity contribution in [2.75, 3.05) is 25.1 Å². The quantitative estimate of drug-likeness (QED) is 0.883. The number of rotatable bonds is 5. The molecule has 1 saturated heterocycles. The average Bonchev–Trinajstić information content (AvgIpc) is 2.46. The number of anilines is 1. The van der Waals surface area contributed by atoms with Gasteiger partial charge in [0.2, 0.25) is 0 Å². The summed E-state index contributed by atoms with van der Waals surface area (Å²) in [5.41, 5.74) is 1.24. The van der Waals surface area contributed by atoms with Gasteiger partial charge in [-0.25, -0.2) is 4.98 Å². The summed E-state index contributed by atoms with van der Waals surface area (Å²) in [6, 6.07) is 4.80. The molecule has 1 aromatic heterocycles. The monoisotopic (exact) mass is 263 g/mol. The number of aromatic nitrogens is 1. The van der Waals surface area contributed by atoms with Gasteiger partial charge in [0.15, 0.2) is 0 Å². The first-order valence-electron chi connectivity index (χ1n) is 7.15. The van der Waals surface area contributed by atoms with Crippen molar-refractivity contribution in [1.82, 2.24) is 10.3 Å². The molecule has 4 heteroatoms. The molecule has 2 rings (SSSR count). The van der Waals surface area contributed by atoms with Gasteiger partial charge in [0.25, 0.3) is 0 Å². The molecule has 1 aliphatic heterocycles. The molecule has 0 bridgehead atoms. The van der Waals surface area contributed by atoms with Crippen molar-refractivity contribution in [1.29, 1.82) is 0 Å². The maximum atomic E-state index is 5.39. The van der Waals surface area contributed by atoms with Gasteiger partial charge in [-0.2, -0.15) is 0 Å². The zero-order chi connectivity index (χ0) is 13.7. The van der Waals surface area contributed by atoms with Crippen LogP contribution in [0, 0.1) is 0 Å². The number of hydrogen-bond acceptors (Lipinski definition) is 4.